The smallest absolute Gasteiger partial charge is 0.310 e. The summed E-state index contributed by atoms with van der Waals surface area (Å²) in [5, 5.41) is 10.4. The Hall–Kier alpha value is -2.58. The summed E-state index contributed by atoms with van der Waals surface area (Å²) < 4.78 is 4.85. The maximum Gasteiger partial charge on any atom is 0.310 e. The van der Waals surface area contributed by atoms with Crippen LogP contribution in [0.4, 0.5) is 0 Å². The molecule has 1 aromatic rings. The second-order valence-electron chi connectivity index (χ2n) is 11.0. The number of amides is 2. The van der Waals surface area contributed by atoms with Crippen LogP contribution < -0.4 is 0 Å². The molecule has 4 rings (SSSR count). The Morgan fingerprint density at radius 3 is 2.63 bits per heavy atom. The van der Waals surface area contributed by atoms with Crippen molar-refractivity contribution >= 4 is 29.5 Å². The molecule has 1 spiro atoms. The largest absolute Gasteiger partial charge is 0.465 e. The normalized spacial score (nSPS) is 28.3. The minimum atomic E-state index is -0.763. The molecule has 0 saturated carbocycles. The Morgan fingerprint density at radius 2 is 2.00 bits per heavy atom. The number of esters is 1. The van der Waals surface area contributed by atoms with Gasteiger partial charge >= 0.3 is 5.97 Å². The molecule has 3 saturated heterocycles. The second-order valence-corrected chi connectivity index (χ2v) is 12.6. The number of carbonyl (C=O) groups excluding carboxylic acids is 3. The van der Waals surface area contributed by atoms with Gasteiger partial charge in [-0.1, -0.05) is 56.3 Å². The molecule has 3 aliphatic rings. The topological polar surface area (TPSA) is 87.1 Å². The van der Waals surface area contributed by atoms with E-state index in [0.29, 0.717) is 32.4 Å². The molecule has 2 unspecified atom stereocenters. The maximum atomic E-state index is 14.5. The highest BCUT2D eigenvalue weighted by atomic mass is 32.2. The summed E-state index contributed by atoms with van der Waals surface area (Å²) in [6.07, 6.45) is 5.94. The molecule has 8 heteroatoms. The molecule has 0 radical (unpaired) electrons. The summed E-state index contributed by atoms with van der Waals surface area (Å²) in [5.41, 5.74) is 0.987. The lowest BCUT2D eigenvalue weighted by Gasteiger charge is -2.40. The molecule has 206 valence electrons. The number of thioether (sulfide) groups is 1. The minimum absolute atomic E-state index is 0.0581. The molecule has 6 atom stereocenters. The van der Waals surface area contributed by atoms with E-state index in [1.54, 1.807) is 33.7 Å². The zero-order chi connectivity index (χ0) is 27.4. The monoisotopic (exact) mass is 540 g/mol. The average molecular weight is 541 g/mol. The van der Waals surface area contributed by atoms with E-state index in [1.807, 2.05) is 44.2 Å². The lowest BCUT2D eigenvalue weighted by molar-refractivity contribution is -0.154. The van der Waals surface area contributed by atoms with Crippen LogP contribution in [0, 0.1) is 17.8 Å². The summed E-state index contributed by atoms with van der Waals surface area (Å²) in [7, 11) is 0. The van der Waals surface area contributed by atoms with E-state index in [4.69, 9.17) is 4.74 Å². The van der Waals surface area contributed by atoms with E-state index in [1.165, 1.54) is 0 Å². The van der Waals surface area contributed by atoms with E-state index in [2.05, 4.69) is 13.2 Å². The van der Waals surface area contributed by atoms with Gasteiger partial charge in [0.05, 0.1) is 35.8 Å². The molecule has 0 aliphatic carbocycles. The number of aliphatic hydroxyl groups is 1. The van der Waals surface area contributed by atoms with Crippen LogP contribution in [-0.2, 0) is 25.7 Å². The van der Waals surface area contributed by atoms with E-state index in [0.717, 1.165) is 12.0 Å². The van der Waals surface area contributed by atoms with Gasteiger partial charge in [-0.3, -0.25) is 14.4 Å². The van der Waals surface area contributed by atoms with Gasteiger partial charge in [-0.25, -0.2) is 0 Å². The number of hydrogen-bond acceptors (Lipinski definition) is 6. The third kappa shape index (κ3) is 5.17. The van der Waals surface area contributed by atoms with Crippen LogP contribution in [-0.4, -0.2) is 74.5 Å². The van der Waals surface area contributed by atoms with Crippen molar-refractivity contribution in [1.29, 1.82) is 0 Å². The molecule has 1 aromatic carbocycles. The first-order valence-corrected chi connectivity index (χ1v) is 14.5. The zero-order valence-electron chi connectivity index (χ0n) is 22.5. The van der Waals surface area contributed by atoms with Crippen LogP contribution in [0.1, 0.15) is 45.1 Å². The number of likely N-dealkylation sites (tertiary alicyclic amines) is 1. The van der Waals surface area contributed by atoms with Crippen LogP contribution in [0.3, 0.4) is 0 Å². The van der Waals surface area contributed by atoms with Crippen molar-refractivity contribution in [3.63, 3.8) is 0 Å². The lowest BCUT2D eigenvalue weighted by atomic mass is 9.71. The fraction of sp³-hybridized carbons (Fsp3) is 0.567. The Kier molecular flexibility index (Phi) is 9.04. The summed E-state index contributed by atoms with van der Waals surface area (Å²) in [6, 6.07) is 8.49. The summed E-state index contributed by atoms with van der Waals surface area (Å²) in [4.78, 5) is 45.4. The number of aliphatic hydroxyl groups excluding tert-OH is 1. The Morgan fingerprint density at radius 1 is 1.26 bits per heavy atom. The molecule has 38 heavy (non-hydrogen) atoms. The molecule has 2 amide bonds. The Labute approximate surface area is 230 Å². The summed E-state index contributed by atoms with van der Waals surface area (Å²) in [5.74, 6) is -1.74. The second kappa shape index (κ2) is 12.1. The highest BCUT2D eigenvalue weighted by molar-refractivity contribution is 8.02. The average Bonchev–Trinajstić information content (AvgIpc) is 3.54. The van der Waals surface area contributed by atoms with Gasteiger partial charge < -0.3 is 19.6 Å². The van der Waals surface area contributed by atoms with Crippen LogP contribution in [0.15, 0.2) is 55.6 Å². The molecule has 0 aromatic heterocycles. The van der Waals surface area contributed by atoms with E-state index in [-0.39, 0.29) is 42.2 Å². The van der Waals surface area contributed by atoms with Gasteiger partial charge in [0.1, 0.15) is 6.04 Å². The highest BCUT2D eigenvalue weighted by Gasteiger charge is 2.74. The van der Waals surface area contributed by atoms with Gasteiger partial charge in [0.2, 0.25) is 11.8 Å². The van der Waals surface area contributed by atoms with Gasteiger partial charge in [-0.2, -0.15) is 0 Å². The number of ether oxygens (including phenoxy) is 1. The van der Waals surface area contributed by atoms with Gasteiger partial charge in [0.15, 0.2) is 0 Å². The predicted octanol–water partition coefficient (Wildman–Crippen LogP) is 3.82. The Bertz CT molecular complexity index is 1050. The first-order chi connectivity index (χ1) is 18.3. The highest BCUT2D eigenvalue weighted by Crippen LogP contribution is 2.67. The number of rotatable bonds is 13. The fourth-order valence-corrected chi connectivity index (χ4v) is 8.74. The molecule has 2 bridgehead atoms. The van der Waals surface area contributed by atoms with E-state index >= 15 is 0 Å². The van der Waals surface area contributed by atoms with E-state index < -0.39 is 28.7 Å². The van der Waals surface area contributed by atoms with Crippen molar-refractivity contribution in [3.05, 3.63) is 61.2 Å². The standard InChI is InChI=1S/C30H40N2O5S/c1-5-7-16-37-29(36)24-23-13-14-30(38-23)25(24)27(34)32(22(19-33)17-20(3)4)26(30)28(35)31(15-6-2)18-21-11-9-8-10-12-21/h5-6,8-12,20,22-26,33H,1-2,7,13-19H2,3-4H3/t22-,23-,24+,25+,26?,30?/m1/s1. The third-order valence-corrected chi connectivity index (χ3v) is 9.99. The third-order valence-electron chi connectivity index (χ3n) is 8.04. The molecule has 3 heterocycles. The van der Waals surface area contributed by atoms with Crippen molar-refractivity contribution in [3.8, 4) is 0 Å². The number of carbonyl (C=O) groups is 3. The first kappa shape index (κ1) is 28.4. The first-order valence-electron chi connectivity index (χ1n) is 13.6. The molecule has 1 N–H and O–H groups in total. The number of hydrogen-bond donors (Lipinski definition) is 1. The van der Waals surface area contributed by atoms with Gasteiger partial charge in [-0.15, -0.1) is 24.9 Å². The lowest BCUT2D eigenvalue weighted by Crippen LogP contribution is -2.57. The summed E-state index contributed by atoms with van der Waals surface area (Å²) >= 11 is 1.62. The van der Waals surface area contributed by atoms with Crippen molar-refractivity contribution in [2.75, 3.05) is 19.8 Å². The summed E-state index contributed by atoms with van der Waals surface area (Å²) in [6.45, 7) is 12.3. The van der Waals surface area contributed by atoms with Crippen LogP contribution >= 0.6 is 11.8 Å². The SMILES string of the molecule is C=CCCOC(=O)[C@@H]1[C@H]2C(=O)N([C@@H](CO)CC(C)C)C(C(=O)N(CC=C)Cc3ccccc3)C23CC[C@H]1S3. The Balaban J connectivity index is 1.73. The molecular weight excluding hydrogens is 500 g/mol. The van der Waals surface area contributed by atoms with Gasteiger partial charge in [0.25, 0.3) is 0 Å². The number of fused-ring (bicyclic) bond motifs is 1. The molecule has 3 fully saturated rings. The number of nitrogens with zero attached hydrogens (tertiary/aromatic N) is 2. The minimum Gasteiger partial charge on any atom is -0.465 e. The van der Waals surface area contributed by atoms with Crippen molar-refractivity contribution in [2.45, 2.75) is 68.2 Å². The predicted molar refractivity (Wildman–Crippen MR) is 149 cm³/mol. The van der Waals surface area contributed by atoms with Crippen molar-refractivity contribution in [1.82, 2.24) is 9.80 Å². The quantitative estimate of drug-likeness (QED) is 0.233. The van der Waals surface area contributed by atoms with Gasteiger partial charge in [0, 0.05) is 18.3 Å². The molecule has 7 nitrogen and oxygen atoms in total. The zero-order valence-corrected chi connectivity index (χ0v) is 23.3. The van der Waals surface area contributed by atoms with Crippen molar-refractivity contribution in [2.24, 2.45) is 17.8 Å². The van der Waals surface area contributed by atoms with Crippen LogP contribution in [0.25, 0.3) is 0 Å². The van der Waals surface area contributed by atoms with Crippen molar-refractivity contribution < 1.29 is 24.2 Å². The van der Waals surface area contributed by atoms with Crippen LogP contribution in [0.5, 0.6) is 0 Å². The molecular formula is C30H40N2O5S. The molecule has 3 aliphatic heterocycles. The maximum absolute atomic E-state index is 14.5. The fourth-order valence-electron chi connectivity index (χ4n) is 6.56. The van der Waals surface area contributed by atoms with Gasteiger partial charge in [-0.05, 0) is 37.2 Å². The number of benzene rings is 1. The van der Waals surface area contributed by atoms with E-state index in [9.17, 15) is 19.5 Å². The van der Waals surface area contributed by atoms with Crippen LogP contribution in [0.2, 0.25) is 0 Å².